The molecule has 84 valence electrons. The molecule has 0 saturated heterocycles. The minimum atomic E-state index is -0.949. The van der Waals surface area contributed by atoms with Gasteiger partial charge in [0.1, 0.15) is 17.4 Å². The van der Waals surface area contributed by atoms with Crippen LogP contribution in [0, 0.1) is 23.5 Å². The number of hydrogen-bond donors (Lipinski definition) is 1. The summed E-state index contributed by atoms with van der Waals surface area (Å²) in [5.74, 6) is -3.36. The van der Waals surface area contributed by atoms with Crippen molar-refractivity contribution >= 4 is 5.97 Å². The van der Waals surface area contributed by atoms with Crippen molar-refractivity contribution < 1.29 is 23.4 Å². The monoisotopic (exact) mass is 226 g/mol. The summed E-state index contributed by atoms with van der Waals surface area (Å²) in [6.07, 6.45) is 0. The number of aliphatic carboxylic acids is 1. The van der Waals surface area contributed by atoms with Gasteiger partial charge in [0, 0.05) is 29.5 Å². The fourth-order valence-corrected chi connectivity index (χ4v) is 2.50. The highest BCUT2D eigenvalue weighted by Crippen LogP contribution is 2.59. The summed E-state index contributed by atoms with van der Waals surface area (Å²) >= 11 is 0. The molecule has 0 spiro atoms. The van der Waals surface area contributed by atoms with Crippen LogP contribution < -0.4 is 4.74 Å². The quantitative estimate of drug-likeness (QED) is 0.793. The third-order valence-electron chi connectivity index (χ3n) is 3.27. The van der Waals surface area contributed by atoms with Gasteiger partial charge in [0.2, 0.25) is 0 Å². The number of carbonyl (C=O) groups is 1. The van der Waals surface area contributed by atoms with Gasteiger partial charge < -0.3 is 9.84 Å². The Balaban J connectivity index is 2.07. The zero-order valence-electron chi connectivity index (χ0n) is 8.11. The Bertz CT molecular complexity index is 486. The van der Waals surface area contributed by atoms with E-state index in [-0.39, 0.29) is 29.8 Å². The van der Waals surface area contributed by atoms with Crippen LogP contribution in [0.2, 0.25) is 0 Å². The topological polar surface area (TPSA) is 46.5 Å². The molecule has 1 heterocycles. The van der Waals surface area contributed by atoms with Gasteiger partial charge in [-0.05, 0) is 0 Å². The van der Waals surface area contributed by atoms with Gasteiger partial charge in [-0.15, -0.1) is 0 Å². The number of rotatable bonds is 1. The van der Waals surface area contributed by atoms with E-state index in [9.17, 15) is 13.6 Å². The lowest BCUT2D eigenvalue weighted by Crippen LogP contribution is -2.10. The van der Waals surface area contributed by atoms with Gasteiger partial charge in [-0.25, -0.2) is 8.78 Å². The maximum atomic E-state index is 13.5. The average Bonchev–Trinajstić information content (AvgIpc) is 2.90. The molecular weight excluding hydrogens is 218 g/mol. The summed E-state index contributed by atoms with van der Waals surface area (Å²) in [6, 6.07) is 1.87. The Morgan fingerprint density at radius 1 is 1.44 bits per heavy atom. The molecule has 1 aliphatic heterocycles. The van der Waals surface area contributed by atoms with Crippen molar-refractivity contribution in [2.24, 2.45) is 11.8 Å². The largest absolute Gasteiger partial charge is 0.493 e. The van der Waals surface area contributed by atoms with Crippen molar-refractivity contribution in [1.82, 2.24) is 0 Å². The van der Waals surface area contributed by atoms with Gasteiger partial charge in [-0.3, -0.25) is 4.79 Å². The van der Waals surface area contributed by atoms with Gasteiger partial charge in [0.25, 0.3) is 0 Å². The van der Waals surface area contributed by atoms with Crippen molar-refractivity contribution in [1.29, 1.82) is 0 Å². The third kappa shape index (κ3) is 1.14. The first-order chi connectivity index (χ1) is 7.59. The van der Waals surface area contributed by atoms with Crippen molar-refractivity contribution in [3.63, 3.8) is 0 Å². The number of fused-ring (bicyclic) bond motifs is 3. The van der Waals surface area contributed by atoms with Crippen LogP contribution in [0.15, 0.2) is 12.1 Å². The molecule has 1 aromatic rings. The van der Waals surface area contributed by atoms with Crippen LogP contribution in [0.1, 0.15) is 11.5 Å². The molecule has 1 fully saturated rings. The van der Waals surface area contributed by atoms with E-state index < -0.39 is 23.5 Å². The van der Waals surface area contributed by atoms with E-state index in [1.165, 1.54) is 0 Å². The fraction of sp³-hybridized carbons (Fsp3) is 0.364. The molecule has 0 bridgehead atoms. The first-order valence-corrected chi connectivity index (χ1v) is 4.94. The summed E-state index contributed by atoms with van der Waals surface area (Å²) in [5, 5.41) is 8.90. The summed E-state index contributed by atoms with van der Waals surface area (Å²) in [6.45, 7) is 0.220. The lowest BCUT2D eigenvalue weighted by atomic mass is 10.0. The molecule has 0 radical (unpaired) electrons. The average molecular weight is 226 g/mol. The zero-order valence-corrected chi connectivity index (χ0v) is 8.11. The van der Waals surface area contributed by atoms with Gasteiger partial charge in [-0.2, -0.15) is 0 Å². The molecular formula is C11H8F2O3. The molecule has 3 unspecified atom stereocenters. The molecule has 1 aromatic carbocycles. The van der Waals surface area contributed by atoms with Gasteiger partial charge in [0.05, 0.1) is 12.5 Å². The summed E-state index contributed by atoms with van der Waals surface area (Å²) in [5.41, 5.74) is 0.213. The number of carboxylic acid groups (broad SMARTS) is 1. The standard InChI is InChI=1S/C11H8F2O3/c12-4-1-6(13)10-7(2-4)16-3-5-8(10)9(5)11(14)15/h1-2,5,8-9H,3H2,(H,14,15). The van der Waals surface area contributed by atoms with E-state index in [1.54, 1.807) is 0 Å². The van der Waals surface area contributed by atoms with E-state index in [0.717, 1.165) is 12.1 Å². The van der Waals surface area contributed by atoms with E-state index in [4.69, 9.17) is 9.84 Å². The van der Waals surface area contributed by atoms with Crippen LogP contribution >= 0.6 is 0 Å². The Morgan fingerprint density at radius 3 is 2.88 bits per heavy atom. The van der Waals surface area contributed by atoms with Gasteiger partial charge in [0.15, 0.2) is 0 Å². The van der Waals surface area contributed by atoms with E-state index in [1.807, 2.05) is 0 Å². The summed E-state index contributed by atoms with van der Waals surface area (Å²) < 4.78 is 31.6. The molecule has 3 atom stereocenters. The highest BCUT2D eigenvalue weighted by molar-refractivity contribution is 5.77. The molecule has 16 heavy (non-hydrogen) atoms. The maximum Gasteiger partial charge on any atom is 0.307 e. The van der Waals surface area contributed by atoms with Crippen molar-refractivity contribution in [3.05, 3.63) is 29.3 Å². The van der Waals surface area contributed by atoms with Crippen molar-refractivity contribution in [2.45, 2.75) is 5.92 Å². The Morgan fingerprint density at radius 2 is 2.19 bits per heavy atom. The Labute approximate surface area is 89.6 Å². The highest BCUT2D eigenvalue weighted by atomic mass is 19.1. The second kappa shape index (κ2) is 2.93. The van der Waals surface area contributed by atoms with Crippen LogP contribution in [0.4, 0.5) is 8.78 Å². The second-order valence-corrected chi connectivity index (χ2v) is 4.16. The highest BCUT2D eigenvalue weighted by Gasteiger charge is 2.60. The minimum absolute atomic E-state index is 0.141. The maximum absolute atomic E-state index is 13.5. The Kier molecular flexibility index (Phi) is 1.75. The smallest absolute Gasteiger partial charge is 0.307 e. The molecule has 0 aromatic heterocycles. The molecule has 2 aliphatic rings. The van der Waals surface area contributed by atoms with Crippen molar-refractivity contribution in [2.75, 3.05) is 6.61 Å². The normalized spacial score (nSPS) is 30.0. The predicted octanol–water partition coefficient (Wildman–Crippen LogP) is 1.77. The van der Waals surface area contributed by atoms with Crippen LogP contribution in [0.5, 0.6) is 5.75 Å². The van der Waals surface area contributed by atoms with Crippen LogP contribution in [-0.2, 0) is 4.79 Å². The fourth-order valence-electron chi connectivity index (χ4n) is 2.50. The third-order valence-corrected chi connectivity index (χ3v) is 3.27. The zero-order chi connectivity index (χ0) is 11.4. The van der Waals surface area contributed by atoms with E-state index >= 15 is 0 Å². The number of hydrogen-bond acceptors (Lipinski definition) is 2. The van der Waals surface area contributed by atoms with E-state index in [0.29, 0.717) is 0 Å². The molecule has 1 aliphatic carbocycles. The second-order valence-electron chi connectivity index (χ2n) is 4.16. The lowest BCUT2D eigenvalue weighted by Gasteiger charge is -2.16. The van der Waals surface area contributed by atoms with Gasteiger partial charge in [-0.1, -0.05) is 0 Å². The summed E-state index contributed by atoms with van der Waals surface area (Å²) in [4.78, 5) is 10.9. The van der Waals surface area contributed by atoms with Crippen LogP contribution in [0.3, 0.4) is 0 Å². The number of carboxylic acids is 1. The minimum Gasteiger partial charge on any atom is -0.493 e. The van der Waals surface area contributed by atoms with Crippen molar-refractivity contribution in [3.8, 4) is 5.75 Å². The molecule has 1 saturated carbocycles. The lowest BCUT2D eigenvalue weighted by molar-refractivity contribution is -0.139. The SMILES string of the molecule is O=C(O)C1C2COc3cc(F)cc(F)c3C21. The number of ether oxygens (including phenoxy) is 1. The molecule has 3 rings (SSSR count). The van der Waals surface area contributed by atoms with Crippen LogP contribution in [-0.4, -0.2) is 17.7 Å². The molecule has 0 amide bonds. The van der Waals surface area contributed by atoms with Crippen LogP contribution in [0.25, 0.3) is 0 Å². The molecule has 3 nitrogen and oxygen atoms in total. The first kappa shape index (κ1) is 9.57. The molecule has 5 heteroatoms. The predicted molar refractivity (Wildman–Crippen MR) is 49.2 cm³/mol. The first-order valence-electron chi connectivity index (χ1n) is 4.94. The molecule has 1 N–H and O–H groups in total. The Hall–Kier alpha value is -1.65. The van der Waals surface area contributed by atoms with Gasteiger partial charge >= 0.3 is 5.97 Å². The summed E-state index contributed by atoms with van der Waals surface area (Å²) in [7, 11) is 0. The van der Waals surface area contributed by atoms with E-state index in [2.05, 4.69) is 0 Å². The number of benzene rings is 1. The number of halogens is 2.